The third kappa shape index (κ3) is 4.41. The molecule has 11 heteroatoms. The van der Waals surface area contributed by atoms with Crippen LogP contribution in [0.1, 0.15) is 58.1 Å². The van der Waals surface area contributed by atoms with E-state index in [0.29, 0.717) is 31.0 Å². The van der Waals surface area contributed by atoms with Gasteiger partial charge in [-0.25, -0.2) is 4.79 Å². The predicted octanol–water partition coefficient (Wildman–Crippen LogP) is 1.22. The molecule has 1 aliphatic rings. The molecule has 0 bridgehead atoms. The Balaban J connectivity index is 2.01. The lowest BCUT2D eigenvalue weighted by atomic mass is 10.1. The Morgan fingerprint density at radius 3 is 2.61 bits per heavy atom. The van der Waals surface area contributed by atoms with Gasteiger partial charge in [-0.1, -0.05) is 5.16 Å². The minimum atomic E-state index is -1.49. The maximum absolute atomic E-state index is 13.0. The molecule has 0 aromatic carbocycles. The molecule has 1 aliphatic heterocycles. The molecular weight excluding hydrogens is 408 g/mol. The second kappa shape index (κ2) is 8.80. The Labute approximate surface area is 178 Å². The van der Waals surface area contributed by atoms with Gasteiger partial charge in [0, 0.05) is 24.9 Å². The highest BCUT2D eigenvalue weighted by molar-refractivity contribution is 5.97. The molecule has 0 unspecified atom stereocenters. The summed E-state index contributed by atoms with van der Waals surface area (Å²) in [6.07, 6.45) is 1.68. The van der Waals surface area contributed by atoms with Crippen molar-refractivity contribution >= 4 is 11.9 Å². The summed E-state index contributed by atoms with van der Waals surface area (Å²) in [7, 11) is 0. The first kappa shape index (κ1) is 22.3. The van der Waals surface area contributed by atoms with Crippen molar-refractivity contribution in [1.82, 2.24) is 14.7 Å². The zero-order chi connectivity index (χ0) is 22.9. The zero-order valence-electron chi connectivity index (χ0n) is 17.9. The lowest BCUT2D eigenvalue weighted by Crippen LogP contribution is -2.54. The van der Waals surface area contributed by atoms with Gasteiger partial charge in [0.2, 0.25) is 5.43 Å². The summed E-state index contributed by atoms with van der Waals surface area (Å²) in [4.78, 5) is 38.3. The van der Waals surface area contributed by atoms with E-state index in [4.69, 9.17) is 9.26 Å². The number of carboxylic acids is 1. The molecule has 2 N–H and O–H groups in total. The van der Waals surface area contributed by atoms with Gasteiger partial charge in [-0.2, -0.15) is 0 Å². The number of aryl methyl sites for hydroxylation is 2. The monoisotopic (exact) mass is 434 g/mol. The van der Waals surface area contributed by atoms with Gasteiger partial charge in [-0.05, 0) is 34.1 Å². The molecule has 2 aromatic heterocycles. The van der Waals surface area contributed by atoms with E-state index in [1.807, 2.05) is 13.8 Å². The SMILES string of the molecule is Cc1noc(C)c1CN1CN(CCCOC(C)C)C(=O)c2c(O)c(=O)c(C(=O)O)cn21. The van der Waals surface area contributed by atoms with Crippen LogP contribution in [0.2, 0.25) is 0 Å². The van der Waals surface area contributed by atoms with E-state index >= 15 is 0 Å². The number of hydrogen-bond donors (Lipinski definition) is 2. The minimum Gasteiger partial charge on any atom is -0.502 e. The molecule has 168 valence electrons. The standard InChI is InChI=1S/C20H26N4O7/c1-11(2)30-7-5-6-22-10-23(8-14-12(3)21-31-13(14)4)24-9-15(20(28)29)17(25)18(26)16(24)19(22)27/h9,11,26H,5-8,10H2,1-4H3,(H,28,29). The van der Waals surface area contributed by atoms with Gasteiger partial charge in [0.1, 0.15) is 18.0 Å². The Hall–Kier alpha value is -3.34. The van der Waals surface area contributed by atoms with Crippen LogP contribution in [0.25, 0.3) is 0 Å². The summed E-state index contributed by atoms with van der Waals surface area (Å²) < 4.78 is 12.0. The number of carbonyl (C=O) groups is 2. The number of nitrogens with zero attached hydrogens (tertiary/aromatic N) is 4. The number of carboxylic acid groups (broad SMARTS) is 1. The highest BCUT2D eigenvalue weighted by Gasteiger charge is 2.34. The number of aromatic carboxylic acids is 1. The molecule has 3 rings (SSSR count). The summed E-state index contributed by atoms with van der Waals surface area (Å²) in [6, 6.07) is 0. The minimum absolute atomic E-state index is 0.0610. The second-order valence-corrected chi connectivity index (χ2v) is 7.67. The zero-order valence-corrected chi connectivity index (χ0v) is 17.9. The smallest absolute Gasteiger partial charge is 0.341 e. The number of aromatic nitrogens is 2. The molecule has 3 heterocycles. The summed E-state index contributed by atoms with van der Waals surface area (Å²) in [5, 5.41) is 25.4. The molecule has 31 heavy (non-hydrogen) atoms. The maximum atomic E-state index is 13.0. The Morgan fingerprint density at radius 2 is 2.03 bits per heavy atom. The fourth-order valence-electron chi connectivity index (χ4n) is 3.43. The average molecular weight is 434 g/mol. The molecule has 0 aliphatic carbocycles. The molecule has 2 aromatic rings. The van der Waals surface area contributed by atoms with Crippen LogP contribution in [0, 0.1) is 13.8 Å². The molecular formula is C20H26N4O7. The number of ether oxygens (including phenoxy) is 1. The van der Waals surface area contributed by atoms with Crippen molar-refractivity contribution in [3.63, 3.8) is 0 Å². The van der Waals surface area contributed by atoms with Crippen molar-refractivity contribution in [2.24, 2.45) is 0 Å². The first-order valence-electron chi connectivity index (χ1n) is 9.91. The van der Waals surface area contributed by atoms with Crippen molar-refractivity contribution in [2.45, 2.75) is 46.8 Å². The van der Waals surface area contributed by atoms with Gasteiger partial charge >= 0.3 is 5.97 Å². The van der Waals surface area contributed by atoms with E-state index in [1.54, 1.807) is 18.9 Å². The van der Waals surface area contributed by atoms with Gasteiger partial charge in [-0.15, -0.1) is 0 Å². The summed E-state index contributed by atoms with van der Waals surface area (Å²) in [5.41, 5.74) is -0.598. The van der Waals surface area contributed by atoms with E-state index in [9.17, 15) is 24.6 Å². The highest BCUT2D eigenvalue weighted by Crippen LogP contribution is 2.24. The Morgan fingerprint density at radius 1 is 1.32 bits per heavy atom. The molecule has 1 amide bonds. The van der Waals surface area contributed by atoms with Crippen molar-refractivity contribution in [3.8, 4) is 5.75 Å². The number of hydrogen-bond acceptors (Lipinski definition) is 8. The number of carbonyl (C=O) groups excluding carboxylic acids is 1. The van der Waals surface area contributed by atoms with Gasteiger partial charge in [0.05, 0.1) is 18.3 Å². The van der Waals surface area contributed by atoms with E-state index < -0.39 is 28.6 Å². The van der Waals surface area contributed by atoms with Crippen LogP contribution < -0.4 is 10.4 Å². The topological polar surface area (TPSA) is 138 Å². The van der Waals surface area contributed by atoms with Gasteiger partial charge in [-0.3, -0.25) is 19.3 Å². The van der Waals surface area contributed by atoms with Crippen LogP contribution in [0.5, 0.6) is 5.75 Å². The molecule has 0 saturated heterocycles. The first-order valence-corrected chi connectivity index (χ1v) is 9.91. The van der Waals surface area contributed by atoms with E-state index in [0.717, 1.165) is 11.8 Å². The molecule has 0 spiro atoms. The van der Waals surface area contributed by atoms with Gasteiger partial charge < -0.3 is 24.4 Å². The molecule has 0 fully saturated rings. The second-order valence-electron chi connectivity index (χ2n) is 7.67. The largest absolute Gasteiger partial charge is 0.502 e. The lowest BCUT2D eigenvalue weighted by Gasteiger charge is -2.39. The molecule has 0 atom stereocenters. The molecule has 0 saturated carbocycles. The van der Waals surface area contributed by atoms with E-state index in [2.05, 4.69) is 5.16 Å². The molecule has 11 nitrogen and oxygen atoms in total. The number of aromatic hydroxyl groups is 1. The quantitative estimate of drug-likeness (QED) is 0.587. The predicted molar refractivity (Wildman–Crippen MR) is 109 cm³/mol. The van der Waals surface area contributed by atoms with Crippen molar-refractivity contribution in [3.05, 3.63) is 44.7 Å². The van der Waals surface area contributed by atoms with Gasteiger partial charge in [0.15, 0.2) is 11.4 Å². The fourth-order valence-corrected chi connectivity index (χ4v) is 3.43. The molecule has 0 radical (unpaired) electrons. The fraction of sp³-hybridized carbons (Fsp3) is 0.500. The Bertz CT molecular complexity index is 1040. The van der Waals surface area contributed by atoms with Gasteiger partial charge in [0.25, 0.3) is 5.91 Å². The Kier molecular flexibility index (Phi) is 6.34. The van der Waals surface area contributed by atoms with Crippen molar-refractivity contribution < 1.29 is 29.1 Å². The van der Waals surface area contributed by atoms with Crippen LogP contribution in [0.3, 0.4) is 0 Å². The van der Waals surface area contributed by atoms with Crippen LogP contribution in [0.4, 0.5) is 0 Å². The third-order valence-electron chi connectivity index (χ3n) is 5.07. The normalized spacial score (nSPS) is 13.8. The maximum Gasteiger partial charge on any atom is 0.341 e. The van der Waals surface area contributed by atoms with E-state index in [-0.39, 0.29) is 25.0 Å². The number of amides is 1. The van der Waals surface area contributed by atoms with Crippen LogP contribution in [-0.4, -0.2) is 62.7 Å². The highest BCUT2D eigenvalue weighted by atomic mass is 16.5. The number of rotatable bonds is 8. The summed E-state index contributed by atoms with van der Waals surface area (Å²) in [5.74, 6) is -2.37. The number of pyridine rings is 1. The van der Waals surface area contributed by atoms with E-state index in [1.165, 1.54) is 9.58 Å². The van der Waals surface area contributed by atoms with Crippen LogP contribution in [-0.2, 0) is 11.3 Å². The summed E-state index contributed by atoms with van der Waals surface area (Å²) >= 11 is 0. The van der Waals surface area contributed by atoms with Crippen LogP contribution in [0.15, 0.2) is 15.5 Å². The first-order chi connectivity index (χ1) is 14.6. The third-order valence-corrected chi connectivity index (χ3v) is 5.07. The average Bonchev–Trinajstić information content (AvgIpc) is 3.01. The van der Waals surface area contributed by atoms with Crippen LogP contribution >= 0.6 is 0 Å². The lowest BCUT2D eigenvalue weighted by molar-refractivity contribution is 0.0563. The number of fused-ring (bicyclic) bond motifs is 1. The summed E-state index contributed by atoms with van der Waals surface area (Å²) in [6.45, 7) is 8.46. The van der Waals surface area contributed by atoms with Crippen molar-refractivity contribution in [1.29, 1.82) is 0 Å². The van der Waals surface area contributed by atoms with Crippen molar-refractivity contribution in [2.75, 3.05) is 24.8 Å².